The van der Waals surface area contributed by atoms with Gasteiger partial charge in [-0.15, -0.1) is 6.58 Å². The van der Waals surface area contributed by atoms with Gasteiger partial charge < -0.3 is 5.11 Å². The zero-order chi connectivity index (χ0) is 11.3. The van der Waals surface area contributed by atoms with Crippen LogP contribution in [0.25, 0.3) is 0 Å². The van der Waals surface area contributed by atoms with Crippen LogP contribution in [0, 0.1) is 18.3 Å². The van der Waals surface area contributed by atoms with E-state index in [9.17, 15) is 5.11 Å². The maximum Gasteiger partial charge on any atom is 0.125 e. The van der Waals surface area contributed by atoms with Crippen molar-refractivity contribution in [2.75, 3.05) is 6.54 Å². The third-order valence-corrected chi connectivity index (χ3v) is 2.09. The summed E-state index contributed by atoms with van der Waals surface area (Å²) in [6, 6.07) is 6.82. The van der Waals surface area contributed by atoms with Gasteiger partial charge in [-0.1, -0.05) is 17.7 Å². The smallest absolute Gasteiger partial charge is 0.125 e. The first-order chi connectivity index (χ1) is 7.19. The highest BCUT2D eigenvalue weighted by Gasteiger charge is 2.13. The Hall–Kier alpha value is -1.79. The Labute approximate surface area is 89.7 Å². The van der Waals surface area contributed by atoms with E-state index in [2.05, 4.69) is 18.0 Å². The molecule has 3 nitrogen and oxygen atoms in total. The number of nitriles is 1. The van der Waals surface area contributed by atoms with Crippen molar-refractivity contribution in [1.29, 1.82) is 5.26 Å². The zero-order valence-corrected chi connectivity index (χ0v) is 8.70. The Morgan fingerprint density at radius 1 is 1.67 bits per heavy atom. The molecule has 0 heterocycles. The van der Waals surface area contributed by atoms with Crippen molar-refractivity contribution in [2.45, 2.75) is 13.0 Å². The maximum absolute atomic E-state index is 9.62. The summed E-state index contributed by atoms with van der Waals surface area (Å²) >= 11 is 0. The van der Waals surface area contributed by atoms with Gasteiger partial charge in [0.05, 0.1) is 6.07 Å². The number of rotatable bonds is 4. The summed E-state index contributed by atoms with van der Waals surface area (Å²) in [7, 11) is 0. The predicted octanol–water partition coefficient (Wildman–Crippen LogP) is 2.04. The number of hydrogen-bond donors (Lipinski definition) is 2. The molecule has 1 aromatic carbocycles. The Morgan fingerprint density at radius 3 is 3.00 bits per heavy atom. The Balaban J connectivity index is 2.96. The maximum atomic E-state index is 9.62. The molecular weight excluding hydrogens is 188 g/mol. The average Bonchev–Trinajstić information content (AvgIpc) is 2.24. The molecule has 1 rings (SSSR count). The lowest BCUT2D eigenvalue weighted by Crippen LogP contribution is -2.19. The molecule has 0 aliphatic rings. The first-order valence-electron chi connectivity index (χ1n) is 4.72. The van der Waals surface area contributed by atoms with Crippen LogP contribution in [0.4, 0.5) is 0 Å². The van der Waals surface area contributed by atoms with E-state index in [1.807, 2.05) is 6.92 Å². The first kappa shape index (κ1) is 11.3. The van der Waals surface area contributed by atoms with Crippen molar-refractivity contribution in [3.8, 4) is 11.8 Å². The molecule has 15 heavy (non-hydrogen) atoms. The number of hydrogen-bond acceptors (Lipinski definition) is 3. The van der Waals surface area contributed by atoms with Crippen LogP contribution < -0.4 is 5.32 Å². The quantitative estimate of drug-likeness (QED) is 0.734. The van der Waals surface area contributed by atoms with Gasteiger partial charge in [0.1, 0.15) is 11.8 Å². The molecule has 0 spiro atoms. The lowest BCUT2D eigenvalue weighted by Gasteiger charge is -2.12. The minimum absolute atomic E-state index is 0.142. The van der Waals surface area contributed by atoms with Gasteiger partial charge in [-0.25, -0.2) is 0 Å². The summed E-state index contributed by atoms with van der Waals surface area (Å²) in [5.74, 6) is 0.142. The van der Waals surface area contributed by atoms with Gasteiger partial charge >= 0.3 is 0 Å². The second-order valence-electron chi connectivity index (χ2n) is 3.32. The van der Waals surface area contributed by atoms with Crippen molar-refractivity contribution < 1.29 is 5.11 Å². The van der Waals surface area contributed by atoms with Crippen LogP contribution in [0.1, 0.15) is 17.2 Å². The Morgan fingerprint density at radius 2 is 2.40 bits per heavy atom. The van der Waals surface area contributed by atoms with Crippen LogP contribution in [-0.4, -0.2) is 11.7 Å². The molecule has 1 aromatic rings. The van der Waals surface area contributed by atoms with E-state index >= 15 is 0 Å². The fourth-order valence-corrected chi connectivity index (χ4v) is 1.33. The lowest BCUT2D eigenvalue weighted by atomic mass is 10.0. The number of nitrogens with one attached hydrogen (secondary N) is 1. The van der Waals surface area contributed by atoms with Crippen molar-refractivity contribution >= 4 is 0 Å². The van der Waals surface area contributed by atoms with E-state index in [0.717, 1.165) is 5.56 Å². The van der Waals surface area contributed by atoms with Gasteiger partial charge in [0.2, 0.25) is 0 Å². The van der Waals surface area contributed by atoms with E-state index in [4.69, 9.17) is 5.26 Å². The van der Waals surface area contributed by atoms with Crippen LogP contribution in [0.15, 0.2) is 30.9 Å². The summed E-state index contributed by atoms with van der Waals surface area (Å²) in [5, 5.41) is 21.5. The lowest BCUT2D eigenvalue weighted by molar-refractivity contribution is 0.461. The highest BCUT2D eigenvalue weighted by atomic mass is 16.3. The molecule has 2 N–H and O–H groups in total. The minimum atomic E-state index is -0.497. The summed E-state index contributed by atoms with van der Waals surface area (Å²) in [6.45, 7) is 6.02. The molecule has 78 valence electrons. The normalized spacial score (nSPS) is 11.7. The van der Waals surface area contributed by atoms with Crippen molar-refractivity contribution in [2.24, 2.45) is 0 Å². The van der Waals surface area contributed by atoms with Gasteiger partial charge in [0.15, 0.2) is 0 Å². The highest BCUT2D eigenvalue weighted by molar-refractivity contribution is 5.40. The summed E-state index contributed by atoms with van der Waals surface area (Å²) in [5.41, 5.74) is 1.63. The molecule has 0 bridgehead atoms. The predicted molar refractivity (Wildman–Crippen MR) is 59.4 cm³/mol. The number of aromatic hydroxyl groups is 1. The number of phenolic OH excluding ortho intramolecular Hbond substituents is 1. The van der Waals surface area contributed by atoms with Crippen molar-refractivity contribution in [1.82, 2.24) is 5.32 Å². The zero-order valence-electron chi connectivity index (χ0n) is 8.70. The third kappa shape index (κ3) is 2.83. The van der Waals surface area contributed by atoms with Gasteiger partial charge in [0, 0.05) is 12.1 Å². The average molecular weight is 202 g/mol. The van der Waals surface area contributed by atoms with Gasteiger partial charge in [0.25, 0.3) is 0 Å². The van der Waals surface area contributed by atoms with Crippen LogP contribution in [0.2, 0.25) is 0 Å². The van der Waals surface area contributed by atoms with Crippen LogP contribution in [0.5, 0.6) is 5.75 Å². The van der Waals surface area contributed by atoms with E-state index in [0.29, 0.717) is 12.1 Å². The summed E-state index contributed by atoms with van der Waals surface area (Å²) < 4.78 is 0. The largest absolute Gasteiger partial charge is 0.508 e. The van der Waals surface area contributed by atoms with Crippen LogP contribution in [0.3, 0.4) is 0 Å². The molecule has 0 saturated heterocycles. The first-order valence-corrected chi connectivity index (χ1v) is 4.72. The molecule has 0 aliphatic heterocycles. The molecule has 0 aromatic heterocycles. The highest BCUT2D eigenvalue weighted by Crippen LogP contribution is 2.24. The topological polar surface area (TPSA) is 56.0 Å². The van der Waals surface area contributed by atoms with Crippen molar-refractivity contribution in [3.05, 3.63) is 42.0 Å². The Kier molecular flexibility index (Phi) is 3.90. The molecule has 0 fully saturated rings. The van der Waals surface area contributed by atoms with E-state index in [1.165, 1.54) is 0 Å². The van der Waals surface area contributed by atoms with Gasteiger partial charge in [-0.05, 0) is 19.1 Å². The molecule has 3 heteroatoms. The Bertz CT molecular complexity index is 393. The standard InChI is InChI=1S/C12H14N2O/c1-3-6-14-11(8-13)10-7-9(2)4-5-12(10)15/h3-5,7,11,14-15H,1,6H2,2H3. The second-order valence-corrected chi connectivity index (χ2v) is 3.32. The van der Waals surface area contributed by atoms with Crippen LogP contribution in [-0.2, 0) is 0 Å². The van der Waals surface area contributed by atoms with Crippen LogP contribution >= 0.6 is 0 Å². The number of nitrogens with zero attached hydrogens (tertiary/aromatic N) is 1. The van der Waals surface area contributed by atoms with E-state index in [-0.39, 0.29) is 5.75 Å². The monoisotopic (exact) mass is 202 g/mol. The molecule has 0 amide bonds. The molecule has 0 radical (unpaired) electrons. The molecule has 1 unspecified atom stereocenters. The van der Waals surface area contributed by atoms with Crippen molar-refractivity contribution in [3.63, 3.8) is 0 Å². The van der Waals surface area contributed by atoms with E-state index < -0.39 is 6.04 Å². The number of benzene rings is 1. The minimum Gasteiger partial charge on any atom is -0.508 e. The SMILES string of the molecule is C=CCNC(C#N)c1cc(C)ccc1O. The van der Waals surface area contributed by atoms with Gasteiger partial charge in [-0.3, -0.25) is 5.32 Å². The molecule has 0 saturated carbocycles. The van der Waals surface area contributed by atoms with Gasteiger partial charge in [-0.2, -0.15) is 5.26 Å². The summed E-state index contributed by atoms with van der Waals surface area (Å²) in [6.07, 6.45) is 1.68. The second kappa shape index (κ2) is 5.18. The fourth-order valence-electron chi connectivity index (χ4n) is 1.33. The fraction of sp³-hybridized carbons (Fsp3) is 0.250. The summed E-state index contributed by atoms with van der Waals surface area (Å²) in [4.78, 5) is 0. The van der Waals surface area contributed by atoms with E-state index in [1.54, 1.807) is 24.3 Å². The molecule has 0 aliphatic carbocycles. The molecular formula is C12H14N2O. The third-order valence-electron chi connectivity index (χ3n) is 2.09. The molecule has 1 atom stereocenters. The number of aryl methyl sites for hydroxylation is 1. The number of phenols is 1.